The molecule has 0 aromatic heterocycles. The van der Waals surface area contributed by atoms with E-state index >= 15 is 0 Å². The molecule has 5 nitrogen and oxygen atoms in total. The van der Waals surface area contributed by atoms with E-state index in [4.69, 9.17) is 0 Å². The maximum absolute atomic E-state index is 13.1. The van der Waals surface area contributed by atoms with Crippen molar-refractivity contribution in [2.75, 3.05) is 40.3 Å². The van der Waals surface area contributed by atoms with Crippen molar-refractivity contribution in [3.05, 3.63) is 35.6 Å². The lowest BCUT2D eigenvalue weighted by atomic mass is 9.95. The van der Waals surface area contributed by atoms with Crippen molar-refractivity contribution in [3.63, 3.8) is 0 Å². The van der Waals surface area contributed by atoms with Crippen LogP contribution in [-0.2, 0) is 16.0 Å². The van der Waals surface area contributed by atoms with E-state index in [9.17, 15) is 14.0 Å². The van der Waals surface area contributed by atoms with E-state index < -0.39 is 0 Å². The summed E-state index contributed by atoms with van der Waals surface area (Å²) < 4.78 is 13.1. The summed E-state index contributed by atoms with van der Waals surface area (Å²) in [4.78, 5) is 31.7. The smallest absolute Gasteiger partial charge is 0.227 e. The molecule has 2 atom stereocenters. The Labute approximate surface area is 173 Å². The number of rotatable bonds is 6. The lowest BCUT2D eigenvalue weighted by Crippen LogP contribution is -2.47. The summed E-state index contributed by atoms with van der Waals surface area (Å²) in [6.45, 7) is 3.11. The van der Waals surface area contributed by atoms with E-state index in [1.807, 2.05) is 11.9 Å². The maximum Gasteiger partial charge on any atom is 0.227 e. The Kier molecular flexibility index (Phi) is 7.64. The van der Waals surface area contributed by atoms with Crippen LogP contribution >= 0.6 is 0 Å². The van der Waals surface area contributed by atoms with E-state index in [1.54, 1.807) is 17.0 Å². The number of halogens is 1. The van der Waals surface area contributed by atoms with Gasteiger partial charge in [0.25, 0.3) is 0 Å². The molecule has 160 valence electrons. The first-order valence-electron chi connectivity index (χ1n) is 10.9. The second-order valence-electron chi connectivity index (χ2n) is 8.66. The molecule has 0 N–H and O–H groups in total. The van der Waals surface area contributed by atoms with Crippen LogP contribution in [0.15, 0.2) is 24.3 Å². The number of carbonyl (C=O) groups excluding carboxylic acids is 2. The van der Waals surface area contributed by atoms with Gasteiger partial charge in [-0.3, -0.25) is 9.59 Å². The van der Waals surface area contributed by atoms with Crippen molar-refractivity contribution in [2.45, 2.75) is 51.0 Å². The van der Waals surface area contributed by atoms with Gasteiger partial charge in [-0.25, -0.2) is 4.39 Å². The van der Waals surface area contributed by atoms with Crippen LogP contribution in [0.25, 0.3) is 0 Å². The van der Waals surface area contributed by atoms with Crippen molar-refractivity contribution in [3.8, 4) is 0 Å². The highest BCUT2D eigenvalue weighted by atomic mass is 19.1. The van der Waals surface area contributed by atoms with Crippen LogP contribution in [0.5, 0.6) is 0 Å². The molecule has 3 rings (SSSR count). The Balaban J connectivity index is 1.48. The molecule has 2 heterocycles. The van der Waals surface area contributed by atoms with Crippen LogP contribution in [0, 0.1) is 11.7 Å². The number of carbonyl (C=O) groups is 2. The van der Waals surface area contributed by atoms with E-state index in [0.717, 1.165) is 37.9 Å². The van der Waals surface area contributed by atoms with Gasteiger partial charge in [0.2, 0.25) is 11.8 Å². The number of benzene rings is 1. The zero-order valence-electron chi connectivity index (χ0n) is 17.8. The van der Waals surface area contributed by atoms with Gasteiger partial charge in [0, 0.05) is 32.7 Å². The van der Waals surface area contributed by atoms with Gasteiger partial charge in [0.15, 0.2) is 0 Å². The molecular weight excluding hydrogens is 369 g/mol. The number of hydrogen-bond acceptors (Lipinski definition) is 3. The van der Waals surface area contributed by atoms with Gasteiger partial charge in [0.1, 0.15) is 5.82 Å². The Morgan fingerprint density at radius 1 is 1.10 bits per heavy atom. The predicted octanol–water partition coefficient (Wildman–Crippen LogP) is 2.94. The second kappa shape index (κ2) is 10.2. The Hall–Kier alpha value is -1.95. The maximum atomic E-state index is 13.1. The molecule has 0 saturated carbocycles. The third-order valence-corrected chi connectivity index (χ3v) is 6.49. The highest BCUT2D eigenvalue weighted by Gasteiger charge is 2.30. The molecule has 0 bridgehead atoms. The van der Waals surface area contributed by atoms with E-state index in [-0.39, 0.29) is 30.0 Å². The molecule has 2 aliphatic heterocycles. The Morgan fingerprint density at radius 2 is 1.86 bits per heavy atom. The van der Waals surface area contributed by atoms with E-state index in [2.05, 4.69) is 11.9 Å². The van der Waals surface area contributed by atoms with Gasteiger partial charge in [-0.1, -0.05) is 18.6 Å². The van der Waals surface area contributed by atoms with E-state index in [0.29, 0.717) is 19.1 Å². The van der Waals surface area contributed by atoms with Crippen LogP contribution < -0.4 is 0 Å². The van der Waals surface area contributed by atoms with Gasteiger partial charge in [0.05, 0.1) is 12.3 Å². The lowest BCUT2D eigenvalue weighted by molar-refractivity contribution is -0.139. The van der Waals surface area contributed by atoms with Gasteiger partial charge >= 0.3 is 0 Å². The molecule has 1 aromatic carbocycles. The van der Waals surface area contributed by atoms with Crippen LogP contribution in [0.1, 0.15) is 44.1 Å². The number of piperidine rings is 2. The van der Waals surface area contributed by atoms with Crippen LogP contribution in [0.2, 0.25) is 0 Å². The molecule has 0 radical (unpaired) electrons. The summed E-state index contributed by atoms with van der Waals surface area (Å²) in [5.41, 5.74) is 0.804. The first-order valence-corrected chi connectivity index (χ1v) is 10.9. The standard InChI is InChI=1S/C23H34FN3O2/c1-25-13-4-3-7-21(25)12-15-26(2)23(29)19-6-5-14-27(17-19)22(28)16-18-8-10-20(24)11-9-18/h8-11,19,21H,3-7,12-17H2,1-2H3/t19-,21+/m1/s1. The fourth-order valence-electron chi connectivity index (χ4n) is 4.57. The third-order valence-electron chi connectivity index (χ3n) is 6.49. The molecule has 2 aliphatic rings. The van der Waals surface area contributed by atoms with Crippen molar-refractivity contribution < 1.29 is 14.0 Å². The lowest BCUT2D eigenvalue weighted by Gasteiger charge is -2.36. The minimum absolute atomic E-state index is 0.0144. The number of nitrogens with zero attached hydrogens (tertiary/aromatic N) is 3. The first kappa shape index (κ1) is 21.8. The monoisotopic (exact) mass is 403 g/mol. The van der Waals surface area contributed by atoms with Gasteiger partial charge in [-0.05, 0) is 63.4 Å². The van der Waals surface area contributed by atoms with Crippen molar-refractivity contribution in [1.29, 1.82) is 0 Å². The first-order chi connectivity index (χ1) is 13.9. The molecule has 6 heteroatoms. The molecule has 2 amide bonds. The largest absolute Gasteiger partial charge is 0.345 e. The molecule has 2 saturated heterocycles. The zero-order chi connectivity index (χ0) is 20.8. The minimum atomic E-state index is -0.299. The predicted molar refractivity (Wildman–Crippen MR) is 112 cm³/mol. The normalized spacial score (nSPS) is 23.1. The molecule has 2 fully saturated rings. The SMILES string of the molecule is CN(CC[C@@H]1CCCCN1C)C(=O)[C@@H]1CCCN(C(=O)Cc2ccc(F)cc2)C1. The number of hydrogen-bond donors (Lipinski definition) is 0. The molecule has 0 aliphatic carbocycles. The number of likely N-dealkylation sites (tertiary alicyclic amines) is 2. The van der Waals surface area contributed by atoms with Crippen molar-refractivity contribution in [2.24, 2.45) is 5.92 Å². The fourth-order valence-corrected chi connectivity index (χ4v) is 4.57. The quantitative estimate of drug-likeness (QED) is 0.734. The summed E-state index contributed by atoms with van der Waals surface area (Å²) in [7, 11) is 4.07. The van der Waals surface area contributed by atoms with Crippen molar-refractivity contribution in [1.82, 2.24) is 14.7 Å². The van der Waals surface area contributed by atoms with Crippen LogP contribution in [0.4, 0.5) is 4.39 Å². The average molecular weight is 404 g/mol. The highest BCUT2D eigenvalue weighted by Crippen LogP contribution is 2.21. The summed E-state index contributed by atoms with van der Waals surface area (Å²) in [5, 5.41) is 0. The molecule has 0 unspecified atom stereocenters. The molecule has 1 aromatic rings. The van der Waals surface area contributed by atoms with Gasteiger partial charge in [-0.2, -0.15) is 0 Å². The second-order valence-corrected chi connectivity index (χ2v) is 8.66. The molecular formula is C23H34FN3O2. The Bertz CT molecular complexity index is 694. The van der Waals surface area contributed by atoms with Gasteiger partial charge in [-0.15, -0.1) is 0 Å². The summed E-state index contributed by atoms with van der Waals surface area (Å²) in [5.74, 6) is -0.245. The fraction of sp³-hybridized carbons (Fsp3) is 0.652. The minimum Gasteiger partial charge on any atom is -0.345 e. The average Bonchev–Trinajstić information content (AvgIpc) is 2.74. The molecule has 0 spiro atoms. The van der Waals surface area contributed by atoms with Crippen LogP contribution in [-0.4, -0.2) is 72.8 Å². The Morgan fingerprint density at radius 3 is 2.59 bits per heavy atom. The third kappa shape index (κ3) is 6.01. The number of amides is 2. The summed E-state index contributed by atoms with van der Waals surface area (Å²) in [6.07, 6.45) is 6.72. The summed E-state index contributed by atoms with van der Waals surface area (Å²) in [6, 6.07) is 6.62. The van der Waals surface area contributed by atoms with Gasteiger partial charge < -0.3 is 14.7 Å². The summed E-state index contributed by atoms with van der Waals surface area (Å²) >= 11 is 0. The van der Waals surface area contributed by atoms with E-state index in [1.165, 1.54) is 31.4 Å². The highest BCUT2D eigenvalue weighted by molar-refractivity contribution is 5.82. The van der Waals surface area contributed by atoms with Crippen molar-refractivity contribution >= 4 is 11.8 Å². The zero-order valence-corrected chi connectivity index (χ0v) is 17.8. The van der Waals surface area contributed by atoms with Crippen LogP contribution in [0.3, 0.4) is 0 Å². The topological polar surface area (TPSA) is 43.9 Å². The molecule has 29 heavy (non-hydrogen) atoms.